The molecule has 9 heteroatoms. The molecule has 5 nitrogen and oxygen atoms in total. The number of hydrogen-bond acceptors (Lipinski definition) is 3. The average Bonchev–Trinajstić information content (AvgIpc) is 2.98. The fourth-order valence-corrected chi connectivity index (χ4v) is 4.46. The van der Waals surface area contributed by atoms with Gasteiger partial charge in [-0.1, -0.05) is 23.7 Å². The van der Waals surface area contributed by atoms with Crippen LogP contribution in [0.25, 0.3) is 0 Å². The van der Waals surface area contributed by atoms with E-state index in [1.807, 2.05) is 19.9 Å². The molecule has 34 heavy (non-hydrogen) atoms. The Kier molecular flexibility index (Phi) is 5.92. The van der Waals surface area contributed by atoms with Crippen molar-refractivity contribution in [3.8, 4) is 11.8 Å². The van der Waals surface area contributed by atoms with Crippen LogP contribution in [0.1, 0.15) is 31.0 Å². The number of nitrogens with zero attached hydrogens (tertiary/aromatic N) is 3. The molecule has 174 valence electrons. The van der Waals surface area contributed by atoms with E-state index in [1.54, 1.807) is 59.5 Å². The normalized spacial score (nSPS) is 17.6. The number of amides is 2. The maximum atomic E-state index is 13.8. The minimum Gasteiger partial charge on any atom is -0.406 e. The van der Waals surface area contributed by atoms with E-state index in [1.165, 1.54) is 23.1 Å². The van der Waals surface area contributed by atoms with Crippen molar-refractivity contribution in [2.75, 3.05) is 9.80 Å². The molecule has 0 saturated carbocycles. The predicted octanol–water partition coefficient (Wildman–Crippen LogP) is 7.08. The van der Waals surface area contributed by atoms with Gasteiger partial charge in [0.1, 0.15) is 5.75 Å². The van der Waals surface area contributed by atoms with Gasteiger partial charge in [0.25, 0.3) is 0 Å². The third-order valence-electron chi connectivity index (χ3n) is 5.67. The first kappa shape index (κ1) is 23.5. The molecule has 0 aliphatic carbocycles. The smallest absolute Gasteiger partial charge is 0.406 e. The highest BCUT2D eigenvalue weighted by molar-refractivity contribution is 6.30. The lowest BCUT2D eigenvalue weighted by molar-refractivity contribution is -0.274. The molecule has 0 radical (unpaired) electrons. The van der Waals surface area contributed by atoms with Gasteiger partial charge in [-0.15, -0.1) is 13.2 Å². The Morgan fingerprint density at radius 1 is 1.00 bits per heavy atom. The molecule has 0 N–H and O–H groups in total. The third kappa shape index (κ3) is 4.39. The van der Waals surface area contributed by atoms with Crippen molar-refractivity contribution in [3.05, 3.63) is 88.9 Å². The first-order valence-corrected chi connectivity index (χ1v) is 10.6. The van der Waals surface area contributed by atoms with Gasteiger partial charge in [0.05, 0.1) is 23.2 Å². The van der Waals surface area contributed by atoms with E-state index in [9.17, 15) is 18.0 Å². The highest BCUT2D eigenvalue weighted by Crippen LogP contribution is 2.48. The molecule has 1 saturated heterocycles. The molecular weight excluding hydrogens is 467 g/mol. The number of halogens is 4. The zero-order valence-corrected chi connectivity index (χ0v) is 18.9. The number of rotatable bonds is 4. The van der Waals surface area contributed by atoms with Gasteiger partial charge >= 0.3 is 12.4 Å². The zero-order chi connectivity index (χ0) is 24.7. The second-order valence-electron chi connectivity index (χ2n) is 8.30. The van der Waals surface area contributed by atoms with Crippen LogP contribution in [0.2, 0.25) is 5.02 Å². The summed E-state index contributed by atoms with van der Waals surface area (Å²) in [5.74, 6) is -0.377. The molecule has 3 aromatic rings. The SMILES string of the molecule is CC1(C)[C@H](c2cccc(OC(F)(F)F)c2)N(c2ccc(C#N)cc2)C(=O)N1c1ccc(Cl)cc1. The highest BCUT2D eigenvalue weighted by Gasteiger charge is 2.53. The number of hydrogen-bond donors (Lipinski definition) is 0. The van der Waals surface area contributed by atoms with Gasteiger partial charge in [-0.3, -0.25) is 9.80 Å². The standard InChI is InChI=1S/C25H19ClF3N3O2/c1-24(2)22(17-4-3-5-21(14-17)34-25(27,28)29)31(19-10-6-16(15-30)7-11-19)23(33)32(24)20-12-8-18(26)9-13-20/h3-14,22H,1-2H3/t22-/m0/s1. The molecule has 0 bridgehead atoms. The molecule has 4 rings (SSSR count). The van der Waals surface area contributed by atoms with Crippen molar-refractivity contribution in [2.24, 2.45) is 0 Å². The zero-order valence-electron chi connectivity index (χ0n) is 18.2. The number of urea groups is 1. The molecule has 0 spiro atoms. The number of alkyl halides is 3. The number of carbonyl (C=O) groups is 1. The summed E-state index contributed by atoms with van der Waals surface area (Å²) < 4.78 is 42.7. The van der Waals surface area contributed by atoms with Crippen molar-refractivity contribution in [1.29, 1.82) is 5.26 Å². The Bertz CT molecular complexity index is 1250. The van der Waals surface area contributed by atoms with Gasteiger partial charge < -0.3 is 4.74 Å². The lowest BCUT2D eigenvalue weighted by Gasteiger charge is -2.35. The molecule has 1 fully saturated rings. The fraction of sp³-hybridized carbons (Fsp3) is 0.200. The van der Waals surface area contributed by atoms with Crippen molar-refractivity contribution < 1.29 is 22.7 Å². The van der Waals surface area contributed by atoms with Gasteiger partial charge in [0, 0.05) is 16.4 Å². The molecule has 1 aliphatic heterocycles. The summed E-state index contributed by atoms with van der Waals surface area (Å²) in [7, 11) is 0. The fourth-order valence-electron chi connectivity index (χ4n) is 4.33. The number of benzene rings is 3. The highest BCUT2D eigenvalue weighted by atomic mass is 35.5. The Morgan fingerprint density at radius 2 is 1.62 bits per heavy atom. The summed E-state index contributed by atoms with van der Waals surface area (Å²) in [6.07, 6.45) is -4.85. The topological polar surface area (TPSA) is 56.6 Å². The van der Waals surface area contributed by atoms with Crippen LogP contribution < -0.4 is 14.5 Å². The second-order valence-corrected chi connectivity index (χ2v) is 8.74. The van der Waals surface area contributed by atoms with Crippen LogP contribution in [0, 0.1) is 11.3 Å². The lowest BCUT2D eigenvalue weighted by Crippen LogP contribution is -2.43. The van der Waals surface area contributed by atoms with Crippen LogP contribution in [0.3, 0.4) is 0 Å². The molecule has 1 atom stereocenters. The summed E-state index contributed by atoms with van der Waals surface area (Å²) >= 11 is 6.03. The first-order valence-electron chi connectivity index (χ1n) is 10.3. The molecule has 0 aromatic heterocycles. The second kappa shape index (κ2) is 8.58. The van der Waals surface area contributed by atoms with Crippen molar-refractivity contribution in [3.63, 3.8) is 0 Å². The minimum atomic E-state index is -4.85. The van der Waals surface area contributed by atoms with Crippen LogP contribution in [0.5, 0.6) is 5.75 Å². The van der Waals surface area contributed by atoms with E-state index in [0.29, 0.717) is 27.5 Å². The summed E-state index contributed by atoms with van der Waals surface area (Å²) in [5, 5.41) is 9.65. The number of carbonyl (C=O) groups excluding carboxylic acids is 1. The van der Waals surface area contributed by atoms with Crippen LogP contribution >= 0.6 is 11.6 Å². The maximum absolute atomic E-state index is 13.8. The van der Waals surface area contributed by atoms with Crippen LogP contribution in [0.4, 0.5) is 29.3 Å². The number of nitriles is 1. The van der Waals surface area contributed by atoms with Gasteiger partial charge in [-0.2, -0.15) is 5.26 Å². The van der Waals surface area contributed by atoms with Crippen LogP contribution in [-0.4, -0.2) is 17.9 Å². The molecule has 0 unspecified atom stereocenters. The number of ether oxygens (including phenoxy) is 1. The van der Waals surface area contributed by atoms with E-state index >= 15 is 0 Å². The van der Waals surface area contributed by atoms with Gasteiger partial charge in [0.15, 0.2) is 0 Å². The third-order valence-corrected chi connectivity index (χ3v) is 5.92. The maximum Gasteiger partial charge on any atom is 0.573 e. The lowest BCUT2D eigenvalue weighted by atomic mass is 9.87. The van der Waals surface area contributed by atoms with Crippen LogP contribution in [-0.2, 0) is 0 Å². The monoisotopic (exact) mass is 485 g/mol. The largest absolute Gasteiger partial charge is 0.573 e. The number of anilines is 2. The average molecular weight is 486 g/mol. The summed E-state index contributed by atoms with van der Waals surface area (Å²) in [6, 6.07) is 19.8. The molecule has 2 amide bonds. The van der Waals surface area contributed by atoms with Crippen molar-refractivity contribution in [1.82, 2.24) is 0 Å². The van der Waals surface area contributed by atoms with Crippen LogP contribution in [0.15, 0.2) is 72.8 Å². The van der Waals surface area contributed by atoms with Crippen molar-refractivity contribution >= 4 is 29.0 Å². The van der Waals surface area contributed by atoms with Gasteiger partial charge in [-0.05, 0) is 80.1 Å². The Labute approximate surface area is 199 Å². The Morgan fingerprint density at radius 3 is 2.21 bits per heavy atom. The quantitative estimate of drug-likeness (QED) is 0.397. The predicted molar refractivity (Wildman–Crippen MR) is 123 cm³/mol. The van der Waals surface area contributed by atoms with Gasteiger partial charge in [-0.25, -0.2) is 4.79 Å². The Balaban J connectivity index is 1.86. The summed E-state index contributed by atoms with van der Waals surface area (Å²) in [6.45, 7) is 3.68. The van der Waals surface area contributed by atoms with Gasteiger partial charge in [0.2, 0.25) is 0 Å². The first-order chi connectivity index (χ1) is 16.0. The Hall–Kier alpha value is -3.70. The summed E-state index contributed by atoms with van der Waals surface area (Å²) in [5.41, 5.74) is 1.07. The van der Waals surface area contributed by atoms with E-state index in [2.05, 4.69) is 4.74 Å². The molecule has 1 heterocycles. The van der Waals surface area contributed by atoms with E-state index in [0.717, 1.165) is 0 Å². The molecular formula is C25H19ClF3N3O2. The van der Waals surface area contributed by atoms with E-state index < -0.39 is 17.9 Å². The van der Waals surface area contributed by atoms with E-state index in [4.69, 9.17) is 16.9 Å². The summed E-state index contributed by atoms with van der Waals surface area (Å²) in [4.78, 5) is 16.9. The molecule has 1 aliphatic rings. The minimum absolute atomic E-state index is 0.371. The van der Waals surface area contributed by atoms with E-state index in [-0.39, 0.29) is 11.8 Å². The van der Waals surface area contributed by atoms with Crippen molar-refractivity contribution in [2.45, 2.75) is 31.8 Å². The molecule has 3 aromatic carbocycles.